The van der Waals surface area contributed by atoms with Crippen LogP contribution in [0.3, 0.4) is 0 Å². The molecule has 1 aliphatic rings. The smallest absolute Gasteiger partial charge is 0.205 e. The van der Waals surface area contributed by atoms with Gasteiger partial charge in [-0.1, -0.05) is 49.7 Å². The number of ether oxygens (including phenoxy) is 1. The minimum Gasteiger partial charge on any atom is -0.478 e. The van der Waals surface area contributed by atoms with Gasteiger partial charge in [0.25, 0.3) is 0 Å². The molecule has 3 nitrogen and oxygen atoms in total. The van der Waals surface area contributed by atoms with Crippen LogP contribution in [0.25, 0.3) is 0 Å². The third-order valence-corrected chi connectivity index (χ3v) is 3.70. The highest BCUT2D eigenvalue weighted by Gasteiger charge is 2.26. The van der Waals surface area contributed by atoms with Crippen molar-refractivity contribution in [1.82, 2.24) is 0 Å². The second kappa shape index (κ2) is 6.00. The first-order chi connectivity index (χ1) is 10.3. The number of fused-ring (bicyclic) bond motifs is 1. The lowest BCUT2D eigenvalue weighted by Crippen LogP contribution is -2.37. The van der Waals surface area contributed by atoms with Crippen molar-refractivity contribution < 1.29 is 9.53 Å². The normalized spacial score (nSPS) is 16.5. The Morgan fingerprint density at radius 1 is 1.19 bits per heavy atom. The fourth-order valence-corrected chi connectivity index (χ4v) is 2.57. The zero-order valence-electron chi connectivity index (χ0n) is 12.1. The number of hydrogen-bond acceptors (Lipinski definition) is 3. The van der Waals surface area contributed by atoms with Gasteiger partial charge in [-0.05, 0) is 24.1 Å². The van der Waals surface area contributed by atoms with Gasteiger partial charge in [0.2, 0.25) is 5.78 Å². The van der Waals surface area contributed by atoms with Crippen molar-refractivity contribution in [3.8, 4) is 5.75 Å². The molecule has 0 spiro atoms. The molecule has 1 heterocycles. The molecule has 1 N–H and O–H groups in total. The fraction of sp³-hybridized carbons (Fsp3) is 0.278. The zero-order valence-corrected chi connectivity index (χ0v) is 12.1. The molecule has 0 bridgehead atoms. The number of Topliss-reactive ketones (excluding diaryl/α,β-unsaturated/α-hetero) is 1. The van der Waals surface area contributed by atoms with Crippen LogP contribution < -0.4 is 10.1 Å². The number of benzene rings is 2. The first-order valence-electron chi connectivity index (χ1n) is 7.40. The molecule has 3 heteroatoms. The highest BCUT2D eigenvalue weighted by Crippen LogP contribution is 2.29. The number of nitrogens with one attached hydrogen (secondary N) is 1. The van der Waals surface area contributed by atoms with Crippen molar-refractivity contribution in [3.05, 3.63) is 59.7 Å². The van der Waals surface area contributed by atoms with Crippen molar-refractivity contribution in [2.45, 2.75) is 25.9 Å². The molecular weight excluding hydrogens is 262 g/mol. The van der Waals surface area contributed by atoms with Gasteiger partial charge < -0.3 is 10.1 Å². The summed E-state index contributed by atoms with van der Waals surface area (Å²) in [7, 11) is 0. The Morgan fingerprint density at radius 2 is 1.95 bits per heavy atom. The molecule has 1 aliphatic heterocycles. The second-order valence-electron chi connectivity index (χ2n) is 5.29. The van der Waals surface area contributed by atoms with Crippen LogP contribution in [-0.2, 0) is 6.42 Å². The minimum absolute atomic E-state index is 0.0278. The van der Waals surface area contributed by atoms with E-state index in [2.05, 4.69) is 12.2 Å². The van der Waals surface area contributed by atoms with Gasteiger partial charge in [0, 0.05) is 5.56 Å². The number of anilines is 1. The Morgan fingerprint density at radius 3 is 2.71 bits per heavy atom. The van der Waals surface area contributed by atoms with Crippen LogP contribution in [0.4, 0.5) is 5.69 Å². The summed E-state index contributed by atoms with van der Waals surface area (Å²) in [6.07, 6.45) is 1.69. The Kier molecular flexibility index (Phi) is 3.91. The standard InChI is InChI=1S/C18H19NO2/c1-2-5-13-8-10-14(11-9-13)18(20)17-12-19-15-6-3-4-7-16(15)21-17/h3-4,6-11,17,19H,2,5,12H2,1H3. The monoisotopic (exact) mass is 281 g/mol. The average Bonchev–Trinajstić information content (AvgIpc) is 2.55. The van der Waals surface area contributed by atoms with E-state index in [0.29, 0.717) is 12.1 Å². The number of carbonyl (C=O) groups is 1. The lowest BCUT2D eigenvalue weighted by molar-refractivity contribution is 0.0801. The fourth-order valence-electron chi connectivity index (χ4n) is 2.57. The summed E-state index contributed by atoms with van der Waals surface area (Å²) in [5, 5.41) is 3.25. The average molecular weight is 281 g/mol. The Labute approximate surface area is 124 Å². The molecule has 0 aromatic heterocycles. The topological polar surface area (TPSA) is 38.3 Å². The van der Waals surface area contributed by atoms with E-state index in [1.807, 2.05) is 48.5 Å². The quantitative estimate of drug-likeness (QED) is 0.868. The van der Waals surface area contributed by atoms with Crippen molar-refractivity contribution >= 4 is 11.5 Å². The third-order valence-electron chi connectivity index (χ3n) is 3.70. The highest BCUT2D eigenvalue weighted by molar-refractivity contribution is 6.00. The molecule has 0 aliphatic carbocycles. The van der Waals surface area contributed by atoms with Crippen LogP contribution in [0.5, 0.6) is 5.75 Å². The van der Waals surface area contributed by atoms with E-state index in [9.17, 15) is 4.79 Å². The number of hydrogen-bond donors (Lipinski definition) is 1. The van der Waals surface area contributed by atoms with Gasteiger partial charge in [0.15, 0.2) is 6.10 Å². The molecule has 2 aromatic rings. The number of aryl methyl sites for hydroxylation is 1. The molecule has 0 amide bonds. The van der Waals surface area contributed by atoms with Gasteiger partial charge in [0.1, 0.15) is 5.75 Å². The Balaban J connectivity index is 1.74. The Hall–Kier alpha value is -2.29. The van der Waals surface area contributed by atoms with Crippen LogP contribution in [0.1, 0.15) is 29.3 Å². The van der Waals surface area contributed by atoms with Gasteiger partial charge in [-0.15, -0.1) is 0 Å². The van der Waals surface area contributed by atoms with E-state index >= 15 is 0 Å². The predicted octanol–water partition coefficient (Wildman–Crippen LogP) is 3.69. The number of rotatable bonds is 4. The summed E-state index contributed by atoms with van der Waals surface area (Å²) in [6, 6.07) is 15.6. The van der Waals surface area contributed by atoms with Crippen LogP contribution >= 0.6 is 0 Å². The molecule has 3 rings (SSSR count). The number of para-hydroxylation sites is 2. The summed E-state index contributed by atoms with van der Waals surface area (Å²) in [5.74, 6) is 0.768. The van der Waals surface area contributed by atoms with Crippen molar-refractivity contribution in [2.24, 2.45) is 0 Å². The van der Waals surface area contributed by atoms with Crippen LogP contribution in [0.2, 0.25) is 0 Å². The van der Waals surface area contributed by atoms with Gasteiger partial charge in [-0.25, -0.2) is 0 Å². The lowest BCUT2D eigenvalue weighted by Gasteiger charge is -2.26. The van der Waals surface area contributed by atoms with Gasteiger partial charge in [-0.2, -0.15) is 0 Å². The van der Waals surface area contributed by atoms with E-state index in [1.54, 1.807) is 0 Å². The molecule has 1 unspecified atom stereocenters. The molecule has 2 aromatic carbocycles. The number of ketones is 1. The van der Waals surface area contributed by atoms with Crippen LogP contribution in [-0.4, -0.2) is 18.4 Å². The summed E-state index contributed by atoms with van der Waals surface area (Å²) in [4.78, 5) is 12.5. The van der Waals surface area contributed by atoms with Gasteiger partial charge >= 0.3 is 0 Å². The first kappa shape index (κ1) is 13.7. The Bertz CT molecular complexity index is 634. The van der Waals surface area contributed by atoms with E-state index in [4.69, 9.17) is 4.74 Å². The van der Waals surface area contributed by atoms with E-state index in [1.165, 1.54) is 5.56 Å². The van der Waals surface area contributed by atoms with Gasteiger partial charge in [0.05, 0.1) is 12.2 Å². The van der Waals surface area contributed by atoms with Crippen molar-refractivity contribution in [2.75, 3.05) is 11.9 Å². The maximum atomic E-state index is 12.5. The molecule has 0 saturated carbocycles. The van der Waals surface area contributed by atoms with Crippen molar-refractivity contribution in [1.29, 1.82) is 0 Å². The molecule has 1 atom stereocenters. The molecule has 0 saturated heterocycles. The third kappa shape index (κ3) is 2.92. The summed E-state index contributed by atoms with van der Waals surface area (Å²) < 4.78 is 5.81. The van der Waals surface area contributed by atoms with Crippen LogP contribution in [0, 0.1) is 0 Å². The molecule has 108 valence electrons. The minimum atomic E-state index is -0.461. The lowest BCUT2D eigenvalue weighted by atomic mass is 10.0. The summed E-state index contributed by atoms with van der Waals surface area (Å²) in [5.41, 5.74) is 2.92. The van der Waals surface area contributed by atoms with Crippen LogP contribution in [0.15, 0.2) is 48.5 Å². The molecule has 21 heavy (non-hydrogen) atoms. The highest BCUT2D eigenvalue weighted by atomic mass is 16.5. The maximum absolute atomic E-state index is 12.5. The summed E-state index contributed by atoms with van der Waals surface area (Å²) >= 11 is 0. The summed E-state index contributed by atoms with van der Waals surface area (Å²) in [6.45, 7) is 2.66. The van der Waals surface area contributed by atoms with Gasteiger partial charge in [-0.3, -0.25) is 4.79 Å². The zero-order chi connectivity index (χ0) is 14.7. The molecule has 0 fully saturated rings. The van der Waals surface area contributed by atoms with E-state index < -0.39 is 6.10 Å². The second-order valence-corrected chi connectivity index (χ2v) is 5.29. The first-order valence-corrected chi connectivity index (χ1v) is 7.40. The van der Waals surface area contributed by atoms with Crippen molar-refractivity contribution in [3.63, 3.8) is 0 Å². The number of carbonyl (C=O) groups excluding carboxylic acids is 1. The van der Waals surface area contributed by atoms with E-state index in [0.717, 1.165) is 24.3 Å². The predicted molar refractivity (Wildman–Crippen MR) is 84.1 cm³/mol. The maximum Gasteiger partial charge on any atom is 0.205 e. The largest absolute Gasteiger partial charge is 0.478 e. The SMILES string of the molecule is CCCc1ccc(C(=O)C2CNc3ccccc3O2)cc1. The van der Waals surface area contributed by atoms with E-state index in [-0.39, 0.29) is 5.78 Å². The molecule has 0 radical (unpaired) electrons. The molecular formula is C18H19NO2.